The molecular formula is C18H19ClN2O3. The van der Waals surface area contributed by atoms with E-state index >= 15 is 0 Å². The van der Waals surface area contributed by atoms with E-state index in [1.165, 1.54) is 0 Å². The number of aryl methyl sites for hydroxylation is 1. The first-order valence-corrected chi connectivity index (χ1v) is 7.84. The number of ether oxygens (including phenoxy) is 1. The van der Waals surface area contributed by atoms with E-state index < -0.39 is 12.0 Å². The first-order valence-electron chi connectivity index (χ1n) is 7.46. The molecule has 6 heteroatoms. The van der Waals surface area contributed by atoms with Crippen LogP contribution in [-0.4, -0.2) is 17.9 Å². The second-order valence-electron chi connectivity index (χ2n) is 5.43. The Morgan fingerprint density at radius 1 is 1.25 bits per heavy atom. The zero-order valence-corrected chi connectivity index (χ0v) is 14.3. The minimum atomic E-state index is -0.785. The van der Waals surface area contributed by atoms with Crippen molar-refractivity contribution < 1.29 is 14.3 Å². The molecule has 24 heavy (non-hydrogen) atoms. The highest BCUT2D eigenvalue weighted by molar-refractivity contribution is 6.31. The van der Waals surface area contributed by atoms with Crippen LogP contribution in [0.1, 0.15) is 28.4 Å². The Hall–Kier alpha value is -2.53. The highest BCUT2D eigenvalue weighted by atomic mass is 35.5. The standard InChI is InChI=1S/C18H19ClN2O3/c1-11-7-8-14(17(20)22)16(9-11)24-12(2)18(23)21-10-13-5-3-4-6-15(13)19/h3-9,12H,10H2,1-2H3,(H2,20,22)(H,21,23). The number of hydrogen-bond acceptors (Lipinski definition) is 3. The molecule has 2 amide bonds. The van der Waals surface area contributed by atoms with Crippen LogP contribution in [0.25, 0.3) is 0 Å². The van der Waals surface area contributed by atoms with Gasteiger partial charge in [-0.3, -0.25) is 9.59 Å². The summed E-state index contributed by atoms with van der Waals surface area (Å²) in [5.74, 6) is -0.622. The molecule has 0 aliphatic carbocycles. The van der Waals surface area contributed by atoms with Crippen molar-refractivity contribution in [1.82, 2.24) is 5.32 Å². The molecule has 1 unspecified atom stereocenters. The van der Waals surface area contributed by atoms with Gasteiger partial charge >= 0.3 is 0 Å². The number of primary amides is 1. The van der Waals surface area contributed by atoms with Crippen LogP contribution in [0.3, 0.4) is 0 Å². The van der Waals surface area contributed by atoms with Crippen molar-refractivity contribution in [3.8, 4) is 5.75 Å². The van der Waals surface area contributed by atoms with Crippen molar-refractivity contribution in [2.75, 3.05) is 0 Å². The van der Waals surface area contributed by atoms with Crippen LogP contribution < -0.4 is 15.8 Å². The molecule has 0 bridgehead atoms. The fraction of sp³-hybridized carbons (Fsp3) is 0.222. The van der Waals surface area contributed by atoms with Crippen LogP contribution in [-0.2, 0) is 11.3 Å². The van der Waals surface area contributed by atoms with E-state index in [1.807, 2.05) is 25.1 Å². The van der Waals surface area contributed by atoms with Gasteiger partial charge in [0.1, 0.15) is 5.75 Å². The van der Waals surface area contributed by atoms with Gasteiger partial charge in [0.2, 0.25) is 0 Å². The van der Waals surface area contributed by atoms with E-state index in [1.54, 1.807) is 31.2 Å². The van der Waals surface area contributed by atoms with Gasteiger partial charge in [0.05, 0.1) is 5.56 Å². The summed E-state index contributed by atoms with van der Waals surface area (Å²) in [6.45, 7) is 3.76. The van der Waals surface area contributed by atoms with Crippen molar-refractivity contribution in [3.05, 3.63) is 64.2 Å². The van der Waals surface area contributed by atoms with Crippen LogP contribution in [0, 0.1) is 6.92 Å². The number of nitrogens with two attached hydrogens (primary N) is 1. The molecule has 0 fully saturated rings. The van der Waals surface area contributed by atoms with Crippen LogP contribution in [0.5, 0.6) is 5.75 Å². The Morgan fingerprint density at radius 3 is 2.62 bits per heavy atom. The average molecular weight is 347 g/mol. The van der Waals surface area contributed by atoms with Gasteiger partial charge in [0.25, 0.3) is 11.8 Å². The molecule has 1 atom stereocenters. The van der Waals surface area contributed by atoms with E-state index in [2.05, 4.69) is 5.32 Å². The summed E-state index contributed by atoms with van der Waals surface area (Å²) in [6.07, 6.45) is -0.785. The van der Waals surface area contributed by atoms with Crippen LogP contribution in [0.2, 0.25) is 5.02 Å². The highest BCUT2D eigenvalue weighted by Crippen LogP contribution is 2.21. The van der Waals surface area contributed by atoms with E-state index in [4.69, 9.17) is 22.1 Å². The second-order valence-corrected chi connectivity index (χ2v) is 5.84. The van der Waals surface area contributed by atoms with Gasteiger partial charge in [-0.2, -0.15) is 0 Å². The minimum Gasteiger partial charge on any atom is -0.480 e. The normalized spacial score (nSPS) is 11.6. The molecule has 2 aromatic rings. The van der Waals surface area contributed by atoms with E-state index in [9.17, 15) is 9.59 Å². The summed E-state index contributed by atoms with van der Waals surface area (Å²) in [5.41, 5.74) is 7.29. The number of carbonyl (C=O) groups excluding carboxylic acids is 2. The van der Waals surface area contributed by atoms with Crippen LogP contribution in [0.4, 0.5) is 0 Å². The molecule has 126 valence electrons. The number of nitrogens with one attached hydrogen (secondary N) is 1. The smallest absolute Gasteiger partial charge is 0.261 e. The molecule has 0 spiro atoms. The first-order chi connectivity index (χ1) is 11.4. The SMILES string of the molecule is Cc1ccc(C(N)=O)c(OC(C)C(=O)NCc2ccccc2Cl)c1. The largest absolute Gasteiger partial charge is 0.480 e. The molecule has 0 aliphatic rings. The van der Waals surface area contributed by atoms with Gasteiger partial charge in [0, 0.05) is 11.6 Å². The second kappa shape index (κ2) is 7.84. The molecule has 2 rings (SSSR count). The van der Waals surface area contributed by atoms with Crippen molar-refractivity contribution in [2.45, 2.75) is 26.5 Å². The van der Waals surface area contributed by atoms with Crippen molar-refractivity contribution in [2.24, 2.45) is 5.73 Å². The third kappa shape index (κ3) is 4.49. The van der Waals surface area contributed by atoms with E-state index in [-0.39, 0.29) is 11.5 Å². The summed E-state index contributed by atoms with van der Waals surface area (Å²) in [7, 11) is 0. The van der Waals surface area contributed by atoms with Gasteiger partial charge in [-0.25, -0.2) is 0 Å². The predicted molar refractivity (Wildman–Crippen MR) is 93.1 cm³/mol. The fourth-order valence-corrected chi connectivity index (χ4v) is 2.34. The zero-order valence-electron chi connectivity index (χ0n) is 13.5. The third-order valence-electron chi connectivity index (χ3n) is 3.49. The summed E-state index contributed by atoms with van der Waals surface area (Å²) in [6, 6.07) is 12.3. The third-order valence-corrected chi connectivity index (χ3v) is 3.86. The minimum absolute atomic E-state index is 0.242. The Morgan fingerprint density at radius 2 is 1.96 bits per heavy atom. The lowest BCUT2D eigenvalue weighted by Crippen LogP contribution is -2.36. The monoisotopic (exact) mass is 346 g/mol. The molecule has 0 radical (unpaired) electrons. The van der Waals surface area contributed by atoms with Gasteiger partial charge in [-0.1, -0.05) is 35.9 Å². The fourth-order valence-electron chi connectivity index (χ4n) is 2.14. The van der Waals surface area contributed by atoms with Gasteiger partial charge in [-0.15, -0.1) is 0 Å². The number of hydrogen-bond donors (Lipinski definition) is 2. The summed E-state index contributed by atoms with van der Waals surface area (Å²) in [4.78, 5) is 23.7. The maximum atomic E-state index is 12.2. The number of rotatable bonds is 6. The molecule has 0 saturated heterocycles. The molecule has 2 aromatic carbocycles. The van der Waals surface area contributed by atoms with Crippen molar-refractivity contribution in [3.63, 3.8) is 0 Å². The maximum Gasteiger partial charge on any atom is 0.261 e. The lowest BCUT2D eigenvalue weighted by atomic mass is 10.1. The maximum absolute atomic E-state index is 12.2. The number of benzene rings is 2. The van der Waals surface area contributed by atoms with E-state index in [0.29, 0.717) is 17.3 Å². The van der Waals surface area contributed by atoms with E-state index in [0.717, 1.165) is 11.1 Å². The summed E-state index contributed by atoms with van der Waals surface area (Å²) < 4.78 is 5.62. The molecule has 0 saturated carbocycles. The van der Waals surface area contributed by atoms with Gasteiger partial charge in [0.15, 0.2) is 6.10 Å². The highest BCUT2D eigenvalue weighted by Gasteiger charge is 2.18. The lowest BCUT2D eigenvalue weighted by molar-refractivity contribution is -0.127. The topological polar surface area (TPSA) is 81.4 Å². The summed E-state index contributed by atoms with van der Waals surface area (Å²) >= 11 is 6.06. The lowest BCUT2D eigenvalue weighted by Gasteiger charge is -2.17. The Labute approximate surface area is 145 Å². The van der Waals surface area contributed by atoms with Crippen LogP contribution in [0.15, 0.2) is 42.5 Å². The van der Waals surface area contributed by atoms with Gasteiger partial charge < -0.3 is 15.8 Å². The predicted octanol–water partition coefficient (Wildman–Crippen LogP) is 2.83. The Kier molecular flexibility index (Phi) is 5.82. The molecular weight excluding hydrogens is 328 g/mol. The number of halogens is 1. The molecule has 0 aromatic heterocycles. The van der Waals surface area contributed by atoms with Crippen molar-refractivity contribution >= 4 is 23.4 Å². The number of carbonyl (C=O) groups is 2. The Bertz CT molecular complexity index is 762. The number of amides is 2. The molecule has 5 nitrogen and oxygen atoms in total. The zero-order chi connectivity index (χ0) is 17.7. The summed E-state index contributed by atoms with van der Waals surface area (Å²) in [5, 5.41) is 3.34. The van der Waals surface area contributed by atoms with Crippen molar-refractivity contribution in [1.29, 1.82) is 0 Å². The molecule has 3 N–H and O–H groups in total. The Balaban J connectivity index is 2.03. The average Bonchev–Trinajstić information content (AvgIpc) is 2.53. The van der Waals surface area contributed by atoms with Gasteiger partial charge in [-0.05, 0) is 43.2 Å². The quantitative estimate of drug-likeness (QED) is 0.843. The van der Waals surface area contributed by atoms with Crippen LogP contribution >= 0.6 is 11.6 Å². The molecule has 0 heterocycles. The first kappa shape index (κ1) is 17.8. The molecule has 0 aliphatic heterocycles.